The number of rotatable bonds is 5. The molecule has 0 amide bonds. The summed E-state index contributed by atoms with van der Waals surface area (Å²) < 4.78 is 2.20. The first-order valence-electron chi connectivity index (χ1n) is 8.58. The van der Waals surface area contributed by atoms with E-state index >= 15 is 0 Å². The fourth-order valence-corrected chi connectivity index (χ4v) is 3.42. The van der Waals surface area contributed by atoms with Gasteiger partial charge in [0.15, 0.2) is 0 Å². The van der Waals surface area contributed by atoms with Crippen molar-refractivity contribution in [2.75, 3.05) is 0 Å². The van der Waals surface area contributed by atoms with Crippen molar-refractivity contribution in [3.8, 4) is 0 Å². The Morgan fingerprint density at radius 2 is 1.86 bits per heavy atom. The molecule has 0 spiro atoms. The molecule has 21 heavy (non-hydrogen) atoms. The first-order valence-corrected chi connectivity index (χ1v) is 8.58. The predicted octanol–water partition coefficient (Wildman–Crippen LogP) is 4.10. The largest absolute Gasteiger partial charge is 0.336 e. The summed E-state index contributed by atoms with van der Waals surface area (Å²) in [4.78, 5) is 4.17. The topological polar surface area (TPSA) is 29.9 Å². The monoisotopic (exact) mass is 291 g/mol. The molecular weight excluding hydrogens is 258 g/mol. The van der Waals surface area contributed by atoms with Crippen molar-refractivity contribution in [2.24, 2.45) is 17.3 Å². The second-order valence-corrected chi connectivity index (χ2v) is 8.20. The van der Waals surface area contributed by atoms with Crippen LogP contribution in [0.25, 0.3) is 0 Å². The molecule has 0 aliphatic heterocycles. The van der Waals surface area contributed by atoms with Crippen LogP contribution >= 0.6 is 0 Å². The van der Waals surface area contributed by atoms with Crippen LogP contribution in [0.5, 0.6) is 0 Å². The van der Waals surface area contributed by atoms with Crippen LogP contribution in [0.15, 0.2) is 18.7 Å². The van der Waals surface area contributed by atoms with E-state index in [2.05, 4.69) is 55.7 Å². The maximum absolute atomic E-state index is 4.17. The molecule has 1 aromatic heterocycles. The number of nitrogens with one attached hydrogen (secondary N) is 1. The molecule has 1 aliphatic carbocycles. The predicted molar refractivity (Wildman–Crippen MR) is 89.2 cm³/mol. The van der Waals surface area contributed by atoms with Crippen LogP contribution < -0.4 is 5.32 Å². The van der Waals surface area contributed by atoms with Gasteiger partial charge in [-0.05, 0) is 42.9 Å². The molecule has 1 atom stereocenters. The smallest absolute Gasteiger partial charge is 0.0946 e. The minimum Gasteiger partial charge on any atom is -0.336 e. The lowest BCUT2D eigenvalue weighted by Gasteiger charge is -2.38. The maximum Gasteiger partial charge on any atom is 0.0946 e. The number of aromatic nitrogens is 2. The molecule has 0 bridgehead atoms. The van der Waals surface area contributed by atoms with Crippen LogP contribution in [0.1, 0.15) is 60.3 Å². The Bertz CT molecular complexity index is 395. The van der Waals surface area contributed by atoms with E-state index in [1.807, 2.05) is 12.5 Å². The molecule has 3 heteroatoms. The van der Waals surface area contributed by atoms with E-state index in [-0.39, 0.29) is 5.41 Å². The Balaban J connectivity index is 1.91. The zero-order chi connectivity index (χ0) is 15.5. The second kappa shape index (κ2) is 6.95. The van der Waals surface area contributed by atoms with Gasteiger partial charge in [-0.2, -0.15) is 0 Å². The summed E-state index contributed by atoms with van der Waals surface area (Å²) in [6, 6.07) is 1.18. The summed E-state index contributed by atoms with van der Waals surface area (Å²) in [5.74, 6) is 1.78. The fraction of sp³-hybridized carbons (Fsp3) is 0.833. The third-order valence-electron chi connectivity index (χ3n) is 5.15. The van der Waals surface area contributed by atoms with Gasteiger partial charge in [-0.15, -0.1) is 0 Å². The molecule has 1 heterocycles. The second-order valence-electron chi connectivity index (χ2n) is 8.20. The van der Waals surface area contributed by atoms with Gasteiger partial charge in [0.25, 0.3) is 0 Å². The Labute approximate surface area is 130 Å². The molecule has 1 N–H and O–H groups in total. The molecule has 1 unspecified atom stereocenters. The average Bonchev–Trinajstić information content (AvgIpc) is 2.90. The molecular formula is C18H33N3. The van der Waals surface area contributed by atoms with Gasteiger partial charge in [0.2, 0.25) is 0 Å². The van der Waals surface area contributed by atoms with Crippen LogP contribution in [0, 0.1) is 17.3 Å². The van der Waals surface area contributed by atoms with Crippen molar-refractivity contribution < 1.29 is 0 Å². The van der Waals surface area contributed by atoms with Crippen LogP contribution in [-0.2, 0) is 6.54 Å². The first kappa shape index (κ1) is 16.5. The summed E-state index contributed by atoms with van der Waals surface area (Å²) in [5.41, 5.74) is 0.263. The van der Waals surface area contributed by atoms with Crippen molar-refractivity contribution in [1.82, 2.24) is 14.9 Å². The average molecular weight is 291 g/mol. The Morgan fingerprint density at radius 1 is 1.19 bits per heavy atom. The first-order chi connectivity index (χ1) is 9.86. The van der Waals surface area contributed by atoms with Crippen LogP contribution in [0.3, 0.4) is 0 Å². The van der Waals surface area contributed by atoms with Gasteiger partial charge in [0.05, 0.1) is 6.33 Å². The summed E-state index contributed by atoms with van der Waals surface area (Å²) in [7, 11) is 0. The van der Waals surface area contributed by atoms with Gasteiger partial charge in [-0.3, -0.25) is 0 Å². The number of imidazole rings is 1. The van der Waals surface area contributed by atoms with Crippen molar-refractivity contribution in [1.29, 1.82) is 0 Å². The quantitative estimate of drug-likeness (QED) is 0.885. The van der Waals surface area contributed by atoms with Gasteiger partial charge in [0.1, 0.15) is 0 Å². The third-order valence-corrected chi connectivity index (χ3v) is 5.15. The molecule has 1 aliphatic rings. The molecule has 2 rings (SSSR count). The Kier molecular flexibility index (Phi) is 5.48. The van der Waals surface area contributed by atoms with Crippen LogP contribution in [0.2, 0.25) is 0 Å². The molecule has 1 aromatic rings. The fourth-order valence-electron chi connectivity index (χ4n) is 3.42. The highest BCUT2D eigenvalue weighted by atomic mass is 15.1. The zero-order valence-electron chi connectivity index (χ0n) is 14.5. The summed E-state index contributed by atoms with van der Waals surface area (Å²) in [6.45, 7) is 12.8. The van der Waals surface area contributed by atoms with E-state index in [9.17, 15) is 0 Å². The molecule has 0 aromatic carbocycles. The highest BCUT2D eigenvalue weighted by molar-refractivity contribution is 4.88. The van der Waals surface area contributed by atoms with Gasteiger partial charge >= 0.3 is 0 Å². The van der Waals surface area contributed by atoms with E-state index in [1.165, 1.54) is 25.7 Å². The molecule has 1 fully saturated rings. The van der Waals surface area contributed by atoms with E-state index in [0.29, 0.717) is 12.1 Å². The number of nitrogens with zero attached hydrogens (tertiary/aromatic N) is 2. The maximum atomic E-state index is 4.17. The molecule has 120 valence electrons. The van der Waals surface area contributed by atoms with Crippen molar-refractivity contribution in [3.05, 3.63) is 18.7 Å². The van der Waals surface area contributed by atoms with Gasteiger partial charge < -0.3 is 9.88 Å². The lowest BCUT2D eigenvalue weighted by Crippen LogP contribution is -2.49. The van der Waals surface area contributed by atoms with Gasteiger partial charge in [0, 0.05) is 31.0 Å². The van der Waals surface area contributed by atoms with Crippen molar-refractivity contribution >= 4 is 0 Å². The Hall–Kier alpha value is -0.830. The summed E-state index contributed by atoms with van der Waals surface area (Å²) in [5, 5.41) is 3.95. The highest BCUT2D eigenvalue weighted by Crippen LogP contribution is 2.31. The van der Waals surface area contributed by atoms with E-state index in [1.54, 1.807) is 0 Å². The Morgan fingerprint density at radius 3 is 2.33 bits per heavy atom. The molecule has 0 radical (unpaired) electrons. The van der Waals surface area contributed by atoms with Crippen molar-refractivity contribution in [3.63, 3.8) is 0 Å². The van der Waals surface area contributed by atoms with Gasteiger partial charge in [-0.1, -0.05) is 34.6 Å². The number of hydrogen-bond donors (Lipinski definition) is 1. The summed E-state index contributed by atoms with van der Waals surface area (Å²) in [6.07, 6.45) is 11.3. The normalized spacial score (nSPS) is 25.2. The highest BCUT2D eigenvalue weighted by Gasteiger charge is 2.30. The van der Waals surface area contributed by atoms with Crippen LogP contribution in [0.4, 0.5) is 0 Å². The third kappa shape index (κ3) is 4.84. The van der Waals surface area contributed by atoms with E-state index in [0.717, 1.165) is 18.4 Å². The van der Waals surface area contributed by atoms with Crippen molar-refractivity contribution in [2.45, 2.75) is 78.9 Å². The SMILES string of the molecule is CC(C)C1CCC(NC(Cn2ccnc2)C(C)(C)C)CC1. The van der Waals surface area contributed by atoms with Crippen LogP contribution in [-0.4, -0.2) is 21.6 Å². The molecule has 3 nitrogen and oxygen atoms in total. The number of hydrogen-bond acceptors (Lipinski definition) is 2. The lowest BCUT2D eigenvalue weighted by atomic mass is 9.78. The minimum absolute atomic E-state index is 0.263. The standard InChI is InChI=1S/C18H33N3/c1-14(2)15-6-8-16(9-7-15)20-17(18(3,4)5)12-21-11-10-19-13-21/h10-11,13-17,20H,6-9,12H2,1-5H3. The molecule has 0 saturated heterocycles. The zero-order valence-corrected chi connectivity index (χ0v) is 14.5. The van der Waals surface area contributed by atoms with E-state index < -0.39 is 0 Å². The minimum atomic E-state index is 0.263. The van der Waals surface area contributed by atoms with E-state index in [4.69, 9.17) is 0 Å². The summed E-state index contributed by atoms with van der Waals surface area (Å²) >= 11 is 0. The molecule has 1 saturated carbocycles. The lowest BCUT2D eigenvalue weighted by molar-refractivity contribution is 0.176. The van der Waals surface area contributed by atoms with Gasteiger partial charge in [-0.25, -0.2) is 4.98 Å².